The maximum absolute atomic E-state index is 11.5. The van der Waals surface area contributed by atoms with E-state index in [1.165, 1.54) is 0 Å². The van der Waals surface area contributed by atoms with Gasteiger partial charge in [0, 0.05) is 12.7 Å². The minimum atomic E-state index is -0.568. The standard InChI is InChI=1S/C11H14N2O3/c1-16-7-8-3-2-4-9(5-8)11(15)13-6-10(12)14/h2-5H,6-7H2,1H3,(H2,12,14)(H,13,15). The van der Waals surface area contributed by atoms with Gasteiger partial charge in [-0.1, -0.05) is 12.1 Å². The Labute approximate surface area is 93.6 Å². The van der Waals surface area contributed by atoms with Crippen LogP contribution < -0.4 is 11.1 Å². The number of carbonyl (C=O) groups excluding carboxylic acids is 2. The molecule has 0 aliphatic rings. The number of methoxy groups -OCH3 is 1. The number of carbonyl (C=O) groups is 2. The van der Waals surface area contributed by atoms with Crippen LogP contribution in [0.1, 0.15) is 15.9 Å². The van der Waals surface area contributed by atoms with Gasteiger partial charge in [0.2, 0.25) is 5.91 Å². The van der Waals surface area contributed by atoms with Crippen LogP contribution in [0, 0.1) is 0 Å². The number of nitrogens with two attached hydrogens (primary N) is 1. The largest absolute Gasteiger partial charge is 0.380 e. The van der Waals surface area contributed by atoms with Crippen LogP contribution in [0.2, 0.25) is 0 Å². The molecule has 0 spiro atoms. The summed E-state index contributed by atoms with van der Waals surface area (Å²) in [5.41, 5.74) is 6.30. The van der Waals surface area contributed by atoms with E-state index in [9.17, 15) is 9.59 Å². The third-order valence-corrected chi connectivity index (χ3v) is 1.92. The molecule has 0 radical (unpaired) electrons. The summed E-state index contributed by atoms with van der Waals surface area (Å²) in [5.74, 6) is -0.891. The zero-order chi connectivity index (χ0) is 12.0. The van der Waals surface area contributed by atoms with Gasteiger partial charge in [-0.15, -0.1) is 0 Å². The Morgan fingerprint density at radius 2 is 2.19 bits per heavy atom. The summed E-state index contributed by atoms with van der Waals surface area (Å²) in [7, 11) is 1.58. The molecule has 0 aliphatic carbocycles. The molecule has 2 amide bonds. The summed E-state index contributed by atoms with van der Waals surface area (Å²) in [5, 5.41) is 2.41. The predicted octanol–water partition coefficient (Wildman–Crippen LogP) is 0.0481. The van der Waals surface area contributed by atoms with Gasteiger partial charge in [0.1, 0.15) is 0 Å². The minimum absolute atomic E-state index is 0.159. The van der Waals surface area contributed by atoms with E-state index in [1.54, 1.807) is 25.3 Å². The number of rotatable bonds is 5. The Morgan fingerprint density at radius 3 is 2.81 bits per heavy atom. The first-order valence-electron chi connectivity index (χ1n) is 4.78. The highest BCUT2D eigenvalue weighted by molar-refractivity contribution is 5.96. The lowest BCUT2D eigenvalue weighted by Crippen LogP contribution is -2.33. The molecule has 0 saturated carbocycles. The highest BCUT2D eigenvalue weighted by Gasteiger charge is 2.06. The highest BCUT2D eigenvalue weighted by atomic mass is 16.5. The van der Waals surface area contributed by atoms with E-state index in [0.717, 1.165) is 5.56 Å². The van der Waals surface area contributed by atoms with E-state index < -0.39 is 5.91 Å². The molecule has 0 aromatic heterocycles. The van der Waals surface area contributed by atoms with Crippen LogP contribution in [0.25, 0.3) is 0 Å². The Kier molecular flexibility index (Phi) is 4.47. The van der Waals surface area contributed by atoms with E-state index in [4.69, 9.17) is 10.5 Å². The maximum atomic E-state index is 11.5. The van der Waals surface area contributed by atoms with Crippen LogP contribution in [-0.4, -0.2) is 25.5 Å². The van der Waals surface area contributed by atoms with Gasteiger partial charge < -0.3 is 15.8 Å². The Bertz CT molecular complexity index is 391. The molecular weight excluding hydrogens is 208 g/mol. The quantitative estimate of drug-likeness (QED) is 0.738. The van der Waals surface area contributed by atoms with Crippen molar-refractivity contribution in [3.05, 3.63) is 35.4 Å². The van der Waals surface area contributed by atoms with Crippen molar-refractivity contribution in [2.75, 3.05) is 13.7 Å². The fourth-order valence-corrected chi connectivity index (χ4v) is 1.24. The van der Waals surface area contributed by atoms with E-state index in [0.29, 0.717) is 12.2 Å². The van der Waals surface area contributed by atoms with Gasteiger partial charge in [-0.2, -0.15) is 0 Å². The topological polar surface area (TPSA) is 81.4 Å². The molecule has 0 bridgehead atoms. The Balaban J connectivity index is 2.67. The monoisotopic (exact) mass is 222 g/mol. The van der Waals surface area contributed by atoms with Crippen molar-refractivity contribution in [3.63, 3.8) is 0 Å². The Morgan fingerprint density at radius 1 is 1.44 bits per heavy atom. The number of benzene rings is 1. The molecule has 3 N–H and O–H groups in total. The first-order chi connectivity index (χ1) is 7.63. The first-order valence-corrected chi connectivity index (χ1v) is 4.78. The van der Waals surface area contributed by atoms with Crippen molar-refractivity contribution in [1.29, 1.82) is 0 Å². The van der Waals surface area contributed by atoms with Gasteiger partial charge in [-0.3, -0.25) is 9.59 Å². The normalized spacial score (nSPS) is 9.81. The van der Waals surface area contributed by atoms with E-state index in [2.05, 4.69) is 5.32 Å². The van der Waals surface area contributed by atoms with Gasteiger partial charge in [-0.25, -0.2) is 0 Å². The zero-order valence-corrected chi connectivity index (χ0v) is 9.03. The summed E-state index contributed by atoms with van der Waals surface area (Å²) >= 11 is 0. The summed E-state index contributed by atoms with van der Waals surface area (Å²) in [6.45, 7) is 0.282. The van der Waals surface area contributed by atoms with E-state index in [-0.39, 0.29) is 12.5 Å². The molecule has 0 heterocycles. The van der Waals surface area contributed by atoms with E-state index >= 15 is 0 Å². The number of primary amides is 1. The molecule has 5 heteroatoms. The van der Waals surface area contributed by atoms with Gasteiger partial charge in [0.15, 0.2) is 0 Å². The van der Waals surface area contributed by atoms with Crippen LogP contribution in [0.15, 0.2) is 24.3 Å². The second-order valence-corrected chi connectivity index (χ2v) is 3.28. The van der Waals surface area contributed by atoms with E-state index in [1.807, 2.05) is 6.07 Å². The second-order valence-electron chi connectivity index (χ2n) is 3.28. The fraction of sp³-hybridized carbons (Fsp3) is 0.273. The van der Waals surface area contributed by atoms with Crippen LogP contribution >= 0.6 is 0 Å². The highest BCUT2D eigenvalue weighted by Crippen LogP contribution is 2.06. The van der Waals surface area contributed by atoms with Crippen LogP contribution in [0.4, 0.5) is 0 Å². The SMILES string of the molecule is COCc1cccc(C(=O)NCC(N)=O)c1. The second kappa shape index (κ2) is 5.87. The molecular formula is C11H14N2O3. The van der Waals surface area contributed by atoms with Crippen molar-refractivity contribution < 1.29 is 14.3 Å². The molecule has 16 heavy (non-hydrogen) atoms. The third-order valence-electron chi connectivity index (χ3n) is 1.92. The Hall–Kier alpha value is -1.88. The average Bonchev–Trinajstić information content (AvgIpc) is 2.26. The zero-order valence-electron chi connectivity index (χ0n) is 9.03. The lowest BCUT2D eigenvalue weighted by Gasteiger charge is -2.05. The van der Waals surface area contributed by atoms with Gasteiger partial charge in [-0.05, 0) is 17.7 Å². The lowest BCUT2D eigenvalue weighted by atomic mass is 10.1. The number of nitrogens with one attached hydrogen (secondary N) is 1. The summed E-state index contributed by atoms with van der Waals surface area (Å²) in [4.78, 5) is 22.0. The van der Waals surface area contributed by atoms with Gasteiger partial charge in [0.25, 0.3) is 5.91 Å². The molecule has 86 valence electrons. The maximum Gasteiger partial charge on any atom is 0.251 e. The minimum Gasteiger partial charge on any atom is -0.380 e. The number of amides is 2. The number of hydrogen-bond donors (Lipinski definition) is 2. The summed E-state index contributed by atoms with van der Waals surface area (Å²) < 4.78 is 4.95. The van der Waals surface area contributed by atoms with Crippen molar-refractivity contribution in [3.8, 4) is 0 Å². The summed E-state index contributed by atoms with van der Waals surface area (Å²) in [6.07, 6.45) is 0. The smallest absolute Gasteiger partial charge is 0.251 e. The van der Waals surface area contributed by atoms with Crippen molar-refractivity contribution in [2.24, 2.45) is 5.73 Å². The molecule has 0 fully saturated rings. The average molecular weight is 222 g/mol. The first kappa shape index (κ1) is 12.2. The van der Waals surface area contributed by atoms with Crippen LogP contribution in [0.5, 0.6) is 0 Å². The summed E-state index contributed by atoms with van der Waals surface area (Å²) in [6, 6.07) is 6.98. The molecule has 1 rings (SSSR count). The molecule has 1 aromatic rings. The molecule has 0 atom stereocenters. The molecule has 0 unspecified atom stereocenters. The molecule has 1 aromatic carbocycles. The van der Waals surface area contributed by atoms with Gasteiger partial charge in [0.05, 0.1) is 13.2 Å². The lowest BCUT2D eigenvalue weighted by molar-refractivity contribution is -0.117. The molecule has 0 aliphatic heterocycles. The van der Waals surface area contributed by atoms with Crippen molar-refractivity contribution >= 4 is 11.8 Å². The van der Waals surface area contributed by atoms with Crippen molar-refractivity contribution in [2.45, 2.75) is 6.61 Å². The molecule has 0 saturated heterocycles. The fourth-order valence-electron chi connectivity index (χ4n) is 1.24. The number of hydrogen-bond acceptors (Lipinski definition) is 3. The number of ether oxygens (including phenoxy) is 1. The van der Waals surface area contributed by atoms with Crippen LogP contribution in [0.3, 0.4) is 0 Å². The molecule has 5 nitrogen and oxygen atoms in total. The van der Waals surface area contributed by atoms with Crippen molar-refractivity contribution in [1.82, 2.24) is 5.32 Å². The third kappa shape index (κ3) is 3.70. The van der Waals surface area contributed by atoms with Crippen LogP contribution in [-0.2, 0) is 16.1 Å². The van der Waals surface area contributed by atoms with Gasteiger partial charge >= 0.3 is 0 Å². The predicted molar refractivity (Wildman–Crippen MR) is 58.7 cm³/mol.